The van der Waals surface area contributed by atoms with Crippen molar-refractivity contribution in [1.82, 2.24) is 0 Å². The minimum absolute atomic E-state index is 0.0337. The molecule has 0 aromatic carbocycles. The van der Waals surface area contributed by atoms with Crippen LogP contribution in [-0.2, 0) is 41.8 Å². The Labute approximate surface area is 364 Å². The van der Waals surface area contributed by atoms with Crippen LogP contribution in [0, 0.1) is 0 Å². The molecule has 18 heteroatoms. The first kappa shape index (κ1) is 57.5. The number of hydrogen-bond acceptors (Lipinski definition) is 13. The zero-order valence-electron chi connectivity index (χ0n) is 36.8. The van der Waals surface area contributed by atoms with Gasteiger partial charge in [-0.2, -0.15) is 0 Å². The molecule has 0 spiro atoms. The van der Waals surface area contributed by atoms with Gasteiger partial charge in [0.1, 0.15) is 43.2 Å². The second-order valence-electron chi connectivity index (χ2n) is 16.1. The van der Waals surface area contributed by atoms with Gasteiger partial charge in [-0.1, -0.05) is 128 Å². The van der Waals surface area contributed by atoms with Gasteiger partial charge in [0.2, 0.25) is 0 Å². The monoisotopic (exact) mass is 914 g/mol. The van der Waals surface area contributed by atoms with E-state index < -0.39 is 83.5 Å². The third kappa shape index (κ3) is 29.5. The molecule has 16 nitrogen and oxygen atoms in total. The maximum absolute atomic E-state index is 13.0. The van der Waals surface area contributed by atoms with Crippen LogP contribution >= 0.6 is 15.6 Å². The second-order valence-corrected chi connectivity index (χ2v) is 18.7. The minimum atomic E-state index is -5.36. The molecule has 1 aliphatic rings. The zero-order chi connectivity index (χ0) is 45.4. The summed E-state index contributed by atoms with van der Waals surface area (Å²) in [6.45, 7) is 3.06. The Morgan fingerprint density at radius 2 is 0.902 bits per heavy atom. The number of ether oxygens (including phenoxy) is 2. The van der Waals surface area contributed by atoms with E-state index in [4.69, 9.17) is 28.3 Å². The molecule has 0 saturated heterocycles. The van der Waals surface area contributed by atoms with Gasteiger partial charge in [0, 0.05) is 12.8 Å². The van der Waals surface area contributed by atoms with Gasteiger partial charge in [-0.25, -0.2) is 9.13 Å². The van der Waals surface area contributed by atoms with Gasteiger partial charge in [-0.3, -0.25) is 23.2 Å². The summed E-state index contributed by atoms with van der Waals surface area (Å²) in [6, 6.07) is 0. The topological polar surface area (TPSA) is 256 Å². The van der Waals surface area contributed by atoms with Crippen LogP contribution in [0.25, 0.3) is 0 Å². The van der Waals surface area contributed by atoms with E-state index in [0.29, 0.717) is 12.8 Å². The summed E-state index contributed by atoms with van der Waals surface area (Å²) in [4.78, 5) is 54.2. The van der Waals surface area contributed by atoms with Gasteiger partial charge >= 0.3 is 27.6 Å². The van der Waals surface area contributed by atoms with E-state index in [0.717, 1.165) is 77.0 Å². The Balaban J connectivity index is 2.62. The molecule has 7 N–H and O–H groups in total. The molecule has 0 aromatic rings. The van der Waals surface area contributed by atoms with E-state index in [1.54, 1.807) is 0 Å². The van der Waals surface area contributed by atoms with Crippen LogP contribution in [-0.4, -0.2) is 103 Å². The predicted molar refractivity (Wildman–Crippen MR) is 232 cm³/mol. The largest absolute Gasteiger partial charge is 0.472 e. The van der Waals surface area contributed by atoms with Crippen molar-refractivity contribution in [3.63, 3.8) is 0 Å². The van der Waals surface area contributed by atoms with Crippen molar-refractivity contribution in [2.24, 2.45) is 0 Å². The maximum Gasteiger partial charge on any atom is 0.472 e. The van der Waals surface area contributed by atoms with Crippen molar-refractivity contribution in [2.45, 2.75) is 224 Å². The highest BCUT2D eigenvalue weighted by atomic mass is 31.2. The third-order valence-electron chi connectivity index (χ3n) is 10.5. The summed E-state index contributed by atoms with van der Waals surface area (Å²) in [7, 11) is -10.7. The van der Waals surface area contributed by atoms with Gasteiger partial charge in [0.25, 0.3) is 0 Å². The fourth-order valence-corrected chi connectivity index (χ4v) is 8.44. The number of allylic oxidation sites excluding steroid dienone is 4. The smallest absolute Gasteiger partial charge is 0.462 e. The summed E-state index contributed by atoms with van der Waals surface area (Å²) in [5.74, 6) is -1.22. The molecule has 0 bridgehead atoms. The molecule has 0 radical (unpaired) electrons. The van der Waals surface area contributed by atoms with Crippen molar-refractivity contribution in [3.05, 3.63) is 24.3 Å². The number of hydrogen-bond donors (Lipinski definition) is 7. The Hall–Kier alpha value is -1.52. The standard InChI is InChI=1S/C43H80O16P2/c1-3-5-7-9-11-13-15-17-18-20-21-23-25-27-29-31-36(44)55-33-35(57-37(45)32-30-28-26-24-22-19-16-14-12-10-8-6-4-2)34-56-61(53,54)59-43-40(48)38(46)39(47)42(41(43)49)58-60(50,51)52/h14,16-18,35,38-43,46-49H,3-13,15,19-34H2,1-2H3,(H,53,54)(H2,50,51,52)/b16-14-,18-17-/t35-,38?,39?,40?,41?,42-,43+/m1/s1. The number of rotatable bonds is 38. The van der Waals surface area contributed by atoms with Crippen LogP contribution in [0.5, 0.6) is 0 Å². The summed E-state index contributed by atoms with van der Waals surface area (Å²) < 4.78 is 49.3. The second kappa shape index (κ2) is 34.8. The summed E-state index contributed by atoms with van der Waals surface area (Å²) >= 11 is 0. The summed E-state index contributed by atoms with van der Waals surface area (Å²) in [5, 5.41) is 41.2. The van der Waals surface area contributed by atoms with Gasteiger partial charge in [0.05, 0.1) is 6.61 Å². The molecule has 1 aliphatic carbocycles. The van der Waals surface area contributed by atoms with Gasteiger partial charge in [0.15, 0.2) is 6.10 Å². The van der Waals surface area contributed by atoms with E-state index in [1.165, 1.54) is 64.2 Å². The van der Waals surface area contributed by atoms with E-state index in [9.17, 15) is 44.0 Å². The van der Waals surface area contributed by atoms with Crippen LogP contribution in [0.2, 0.25) is 0 Å². The number of esters is 2. The van der Waals surface area contributed by atoms with Crippen LogP contribution in [0.1, 0.15) is 181 Å². The Morgan fingerprint density at radius 1 is 0.508 bits per heavy atom. The molecular weight excluding hydrogens is 834 g/mol. The Bertz CT molecular complexity index is 1290. The molecule has 1 fully saturated rings. The molecule has 0 aliphatic heterocycles. The average molecular weight is 915 g/mol. The van der Waals surface area contributed by atoms with Crippen LogP contribution in [0.4, 0.5) is 0 Å². The zero-order valence-corrected chi connectivity index (χ0v) is 38.6. The molecule has 1 rings (SSSR count). The van der Waals surface area contributed by atoms with Crippen LogP contribution < -0.4 is 0 Å². The summed E-state index contributed by atoms with van der Waals surface area (Å²) in [6.07, 6.45) is 20.0. The van der Waals surface area contributed by atoms with Crippen LogP contribution in [0.15, 0.2) is 24.3 Å². The van der Waals surface area contributed by atoms with Gasteiger partial charge in [-0.15, -0.1) is 0 Å². The molecule has 1 saturated carbocycles. The Kier molecular flexibility index (Phi) is 32.8. The van der Waals surface area contributed by atoms with E-state index in [-0.39, 0.29) is 12.8 Å². The fourth-order valence-electron chi connectivity index (χ4n) is 6.90. The van der Waals surface area contributed by atoms with E-state index in [1.807, 2.05) is 0 Å². The molecule has 5 unspecified atom stereocenters. The van der Waals surface area contributed by atoms with Crippen molar-refractivity contribution in [1.29, 1.82) is 0 Å². The number of aliphatic hydroxyl groups is 4. The van der Waals surface area contributed by atoms with E-state index in [2.05, 4.69) is 42.7 Å². The molecular formula is C43H80O16P2. The molecule has 61 heavy (non-hydrogen) atoms. The molecule has 0 heterocycles. The third-order valence-corrected chi connectivity index (χ3v) is 12.0. The number of phosphoric ester groups is 2. The SMILES string of the molecule is CCCCCC/C=C\CCCCCCCC(=O)O[C@H](COC(=O)CCCCCCC/C=C\CCCCCCCC)COP(=O)(O)O[C@H]1C(O)C(O)C(O)[C@@H](OP(=O)(O)O)C1O. The van der Waals surface area contributed by atoms with Gasteiger partial charge in [-0.05, 0) is 64.2 Å². The minimum Gasteiger partial charge on any atom is -0.462 e. The molecule has 0 aromatic heterocycles. The van der Waals surface area contributed by atoms with Gasteiger partial charge < -0.3 is 44.6 Å². The molecule has 0 amide bonds. The molecule has 358 valence electrons. The highest BCUT2D eigenvalue weighted by Gasteiger charge is 2.54. The van der Waals surface area contributed by atoms with Crippen molar-refractivity contribution in [2.75, 3.05) is 13.2 Å². The first-order valence-electron chi connectivity index (χ1n) is 22.9. The van der Waals surface area contributed by atoms with Crippen molar-refractivity contribution < 1.29 is 76.9 Å². The number of carbonyl (C=O) groups excluding carboxylic acids is 2. The number of unbranched alkanes of at least 4 members (excludes halogenated alkanes) is 20. The normalized spacial score (nSPS) is 22.4. The lowest BCUT2D eigenvalue weighted by molar-refractivity contribution is -0.216. The van der Waals surface area contributed by atoms with E-state index >= 15 is 0 Å². The fraction of sp³-hybridized carbons (Fsp3) is 0.860. The summed E-state index contributed by atoms with van der Waals surface area (Å²) in [5.41, 5.74) is 0. The quantitative estimate of drug-likeness (QED) is 0.0133. The first-order valence-corrected chi connectivity index (χ1v) is 25.9. The van der Waals surface area contributed by atoms with Crippen LogP contribution in [0.3, 0.4) is 0 Å². The average Bonchev–Trinajstić information content (AvgIpc) is 3.21. The lowest BCUT2D eigenvalue weighted by Gasteiger charge is -2.43. The number of aliphatic hydroxyl groups excluding tert-OH is 4. The number of carbonyl (C=O) groups is 2. The number of phosphoric acid groups is 2. The molecule has 8 atom stereocenters. The lowest BCUT2D eigenvalue weighted by Crippen LogP contribution is -2.64. The predicted octanol–water partition coefficient (Wildman–Crippen LogP) is 8.17. The van der Waals surface area contributed by atoms with Crippen molar-refractivity contribution in [3.8, 4) is 0 Å². The first-order chi connectivity index (χ1) is 29.1. The van der Waals surface area contributed by atoms with Crippen molar-refractivity contribution >= 4 is 27.6 Å². The maximum atomic E-state index is 13.0. The lowest BCUT2D eigenvalue weighted by atomic mass is 9.85. The highest BCUT2D eigenvalue weighted by molar-refractivity contribution is 7.47. The highest BCUT2D eigenvalue weighted by Crippen LogP contribution is 2.49. The Morgan fingerprint density at radius 3 is 1.36 bits per heavy atom.